The summed E-state index contributed by atoms with van der Waals surface area (Å²) in [6.07, 6.45) is -3.88. The highest BCUT2D eigenvalue weighted by molar-refractivity contribution is 5.66. The van der Waals surface area contributed by atoms with Crippen molar-refractivity contribution in [3.8, 4) is 28.7 Å². The lowest BCUT2D eigenvalue weighted by molar-refractivity contribution is -0.274. The molecule has 3 aromatic carbocycles. The van der Waals surface area contributed by atoms with Crippen LogP contribution in [0.25, 0.3) is 11.1 Å². The molecule has 0 aliphatic heterocycles. The third-order valence-electron chi connectivity index (χ3n) is 5.20. The highest BCUT2D eigenvalue weighted by Gasteiger charge is 2.31. The first-order valence-corrected chi connectivity index (χ1v) is 10.6. The molecule has 0 saturated heterocycles. The van der Waals surface area contributed by atoms with Crippen LogP contribution in [0.3, 0.4) is 0 Å². The molecule has 172 valence electrons. The number of hydrogen-bond donors (Lipinski definition) is 0. The van der Waals surface area contributed by atoms with Crippen LogP contribution in [0.15, 0.2) is 66.7 Å². The molecule has 0 amide bonds. The third kappa shape index (κ3) is 7.01. The van der Waals surface area contributed by atoms with E-state index in [4.69, 9.17) is 10.00 Å². The van der Waals surface area contributed by atoms with Crippen molar-refractivity contribution in [2.45, 2.75) is 52.0 Å². The summed E-state index contributed by atoms with van der Waals surface area (Å²) in [4.78, 5) is 0. The van der Waals surface area contributed by atoms with Gasteiger partial charge >= 0.3 is 6.36 Å². The SMILES string of the molecule is CC(C)(C)c1ccc(COc2ccc(-c3ccc(OC(F)(F)F)cc3)cc2CCC#N)cc1. The maximum absolute atomic E-state index is 12.4. The summed E-state index contributed by atoms with van der Waals surface area (Å²) in [7, 11) is 0. The molecule has 0 heterocycles. The number of hydrogen-bond acceptors (Lipinski definition) is 3. The Bertz CT molecular complexity index is 1110. The molecule has 33 heavy (non-hydrogen) atoms. The Morgan fingerprint density at radius 2 is 1.48 bits per heavy atom. The van der Waals surface area contributed by atoms with E-state index in [-0.39, 0.29) is 11.2 Å². The van der Waals surface area contributed by atoms with Gasteiger partial charge in [-0.05, 0) is 63.9 Å². The van der Waals surface area contributed by atoms with Gasteiger partial charge in [-0.25, -0.2) is 0 Å². The normalized spacial score (nSPS) is 11.7. The maximum atomic E-state index is 12.4. The number of rotatable bonds is 7. The molecule has 0 saturated carbocycles. The van der Waals surface area contributed by atoms with Gasteiger partial charge in [0.05, 0.1) is 6.07 Å². The molecule has 3 rings (SSSR count). The summed E-state index contributed by atoms with van der Waals surface area (Å²) in [5.41, 5.74) is 4.80. The number of alkyl halides is 3. The third-order valence-corrected chi connectivity index (χ3v) is 5.20. The molecule has 3 aromatic rings. The van der Waals surface area contributed by atoms with Crippen LogP contribution in [0.4, 0.5) is 13.2 Å². The lowest BCUT2D eigenvalue weighted by atomic mass is 9.87. The van der Waals surface area contributed by atoms with Gasteiger partial charge in [0.15, 0.2) is 0 Å². The lowest BCUT2D eigenvalue weighted by Gasteiger charge is -2.19. The zero-order chi connectivity index (χ0) is 24.1. The molecule has 0 N–H and O–H groups in total. The van der Waals surface area contributed by atoms with E-state index in [2.05, 4.69) is 55.8 Å². The van der Waals surface area contributed by atoms with Gasteiger partial charge in [-0.3, -0.25) is 0 Å². The Labute approximate surface area is 192 Å². The molecule has 3 nitrogen and oxygen atoms in total. The molecule has 6 heteroatoms. The Kier molecular flexibility index (Phi) is 7.33. The maximum Gasteiger partial charge on any atom is 0.573 e. The Balaban J connectivity index is 1.77. The number of benzene rings is 3. The van der Waals surface area contributed by atoms with Crippen LogP contribution < -0.4 is 9.47 Å². The van der Waals surface area contributed by atoms with E-state index in [0.29, 0.717) is 25.2 Å². The van der Waals surface area contributed by atoms with Crippen LogP contribution in [0.2, 0.25) is 0 Å². The van der Waals surface area contributed by atoms with E-state index in [1.54, 1.807) is 12.1 Å². The molecule has 0 aromatic heterocycles. The fourth-order valence-electron chi connectivity index (χ4n) is 3.40. The number of aryl methyl sites for hydroxylation is 1. The minimum absolute atomic E-state index is 0.0801. The van der Waals surface area contributed by atoms with Gasteiger partial charge in [0, 0.05) is 6.42 Å². The van der Waals surface area contributed by atoms with Gasteiger partial charge in [-0.15, -0.1) is 13.2 Å². The molecule has 0 aliphatic carbocycles. The van der Waals surface area contributed by atoms with Gasteiger partial charge in [0.1, 0.15) is 18.1 Å². The van der Waals surface area contributed by atoms with Gasteiger partial charge in [-0.2, -0.15) is 5.26 Å². The summed E-state index contributed by atoms with van der Waals surface area (Å²) >= 11 is 0. The topological polar surface area (TPSA) is 42.2 Å². The predicted molar refractivity (Wildman–Crippen MR) is 122 cm³/mol. The second kappa shape index (κ2) is 9.99. The van der Waals surface area contributed by atoms with Crippen molar-refractivity contribution in [3.63, 3.8) is 0 Å². The van der Waals surface area contributed by atoms with Crippen molar-refractivity contribution < 1.29 is 22.6 Å². The molecule has 0 bridgehead atoms. The van der Waals surface area contributed by atoms with Crippen molar-refractivity contribution >= 4 is 0 Å². The minimum atomic E-state index is -4.72. The monoisotopic (exact) mass is 453 g/mol. The van der Waals surface area contributed by atoms with Crippen molar-refractivity contribution in [2.75, 3.05) is 0 Å². The van der Waals surface area contributed by atoms with Crippen LogP contribution in [0.1, 0.15) is 43.9 Å². The highest BCUT2D eigenvalue weighted by Crippen LogP contribution is 2.31. The zero-order valence-electron chi connectivity index (χ0n) is 18.9. The van der Waals surface area contributed by atoms with E-state index in [9.17, 15) is 13.2 Å². The Morgan fingerprint density at radius 1 is 0.848 bits per heavy atom. The summed E-state index contributed by atoms with van der Waals surface area (Å²) in [5.74, 6) is 0.416. The minimum Gasteiger partial charge on any atom is -0.489 e. The van der Waals surface area contributed by atoms with Crippen molar-refractivity contribution in [2.24, 2.45) is 0 Å². The fraction of sp³-hybridized carbons (Fsp3) is 0.296. The number of nitriles is 1. The average Bonchev–Trinajstić information content (AvgIpc) is 2.75. The largest absolute Gasteiger partial charge is 0.573 e. The van der Waals surface area contributed by atoms with Crippen LogP contribution in [-0.2, 0) is 18.4 Å². The van der Waals surface area contributed by atoms with Crippen LogP contribution >= 0.6 is 0 Å². The first-order chi connectivity index (χ1) is 15.5. The van der Waals surface area contributed by atoms with E-state index >= 15 is 0 Å². The fourth-order valence-corrected chi connectivity index (χ4v) is 3.40. The molecular weight excluding hydrogens is 427 g/mol. The van der Waals surface area contributed by atoms with Gasteiger partial charge in [0.2, 0.25) is 0 Å². The van der Waals surface area contributed by atoms with Crippen molar-refractivity contribution in [1.29, 1.82) is 5.26 Å². The molecule has 0 fully saturated rings. The summed E-state index contributed by atoms with van der Waals surface area (Å²) in [6.45, 7) is 6.89. The second-order valence-corrected chi connectivity index (χ2v) is 8.79. The summed E-state index contributed by atoms with van der Waals surface area (Å²) in [6, 6.07) is 21.8. The van der Waals surface area contributed by atoms with Gasteiger partial charge in [-0.1, -0.05) is 63.2 Å². The average molecular weight is 454 g/mol. The predicted octanol–water partition coefficient (Wildman–Crippen LogP) is 7.58. The Morgan fingerprint density at radius 3 is 2.06 bits per heavy atom. The standard InChI is InChI=1S/C27H26F3NO2/c1-26(2,3)23-11-6-19(7-12-23)18-32-25-15-10-21(17-22(25)5-4-16-31)20-8-13-24(14-9-20)33-27(28,29)30/h6-15,17H,4-5,18H2,1-3H3. The first kappa shape index (κ1) is 24.2. The highest BCUT2D eigenvalue weighted by atomic mass is 19.4. The quantitative estimate of drug-likeness (QED) is 0.370. The number of ether oxygens (including phenoxy) is 2. The molecule has 0 atom stereocenters. The van der Waals surface area contributed by atoms with Crippen molar-refractivity contribution in [1.82, 2.24) is 0 Å². The van der Waals surface area contributed by atoms with E-state index < -0.39 is 6.36 Å². The molecule has 0 radical (unpaired) electrons. The second-order valence-electron chi connectivity index (χ2n) is 8.79. The van der Waals surface area contributed by atoms with Crippen molar-refractivity contribution in [3.05, 3.63) is 83.4 Å². The van der Waals surface area contributed by atoms with E-state index in [0.717, 1.165) is 22.3 Å². The van der Waals surface area contributed by atoms with E-state index in [1.807, 2.05) is 18.2 Å². The van der Waals surface area contributed by atoms with Gasteiger partial charge < -0.3 is 9.47 Å². The van der Waals surface area contributed by atoms with Crippen LogP contribution in [-0.4, -0.2) is 6.36 Å². The van der Waals surface area contributed by atoms with Gasteiger partial charge in [0.25, 0.3) is 0 Å². The number of nitrogens with zero attached hydrogens (tertiary/aromatic N) is 1. The Hall–Kier alpha value is -3.46. The summed E-state index contributed by atoms with van der Waals surface area (Å²) < 4.78 is 47.1. The van der Waals surface area contributed by atoms with Crippen LogP contribution in [0.5, 0.6) is 11.5 Å². The lowest BCUT2D eigenvalue weighted by Crippen LogP contribution is -2.16. The summed E-state index contributed by atoms with van der Waals surface area (Å²) in [5, 5.41) is 9.03. The molecule has 0 unspecified atom stereocenters. The number of halogens is 3. The molecular formula is C27H26F3NO2. The van der Waals surface area contributed by atoms with Crippen LogP contribution in [0, 0.1) is 11.3 Å². The zero-order valence-corrected chi connectivity index (χ0v) is 18.9. The van der Waals surface area contributed by atoms with E-state index in [1.165, 1.54) is 17.7 Å². The molecule has 0 spiro atoms. The smallest absolute Gasteiger partial charge is 0.489 e. The molecule has 0 aliphatic rings. The first-order valence-electron chi connectivity index (χ1n) is 10.6.